The molecule has 0 amide bonds. The summed E-state index contributed by atoms with van der Waals surface area (Å²) in [7, 11) is 0. The van der Waals surface area contributed by atoms with Crippen LogP contribution in [-0.4, -0.2) is 19.8 Å². The van der Waals surface area contributed by atoms with Gasteiger partial charge in [0.2, 0.25) is 0 Å². The minimum atomic E-state index is -4.27. The molecular formula is C12H16F3NO. The Hall–Kier alpha value is -1.23. The van der Waals surface area contributed by atoms with Crippen molar-refractivity contribution in [2.75, 3.05) is 25.1 Å². The molecule has 0 radical (unpaired) electrons. The van der Waals surface area contributed by atoms with Gasteiger partial charge in [-0.15, -0.1) is 0 Å². The molecular weight excluding hydrogens is 231 g/mol. The van der Waals surface area contributed by atoms with Crippen LogP contribution < -0.4 is 5.32 Å². The summed E-state index contributed by atoms with van der Waals surface area (Å²) < 4.78 is 42.0. The van der Waals surface area contributed by atoms with Crippen LogP contribution in [0.5, 0.6) is 0 Å². The van der Waals surface area contributed by atoms with E-state index in [1.54, 1.807) is 0 Å². The topological polar surface area (TPSA) is 21.3 Å². The quantitative estimate of drug-likeness (QED) is 0.776. The normalized spacial score (nSPS) is 11.5. The Bertz CT molecular complexity index is 322. The highest BCUT2D eigenvalue weighted by Crippen LogP contribution is 2.29. The Kier molecular flexibility index (Phi) is 5.28. The Morgan fingerprint density at radius 1 is 1.18 bits per heavy atom. The van der Waals surface area contributed by atoms with Gasteiger partial charge in [-0.3, -0.25) is 0 Å². The highest BCUT2D eigenvalue weighted by molar-refractivity contribution is 5.44. The summed E-state index contributed by atoms with van der Waals surface area (Å²) in [6.07, 6.45) is -3.44. The molecule has 96 valence electrons. The van der Waals surface area contributed by atoms with Crippen LogP contribution >= 0.6 is 0 Å². The fourth-order valence-corrected chi connectivity index (χ4v) is 1.33. The zero-order chi connectivity index (χ0) is 12.7. The van der Waals surface area contributed by atoms with E-state index in [0.29, 0.717) is 25.4 Å². The largest absolute Gasteiger partial charge is 0.416 e. The van der Waals surface area contributed by atoms with Crippen molar-refractivity contribution in [2.45, 2.75) is 19.5 Å². The second kappa shape index (κ2) is 6.49. The minimum Gasteiger partial charge on any atom is -0.385 e. The van der Waals surface area contributed by atoms with E-state index >= 15 is 0 Å². The molecule has 0 atom stereocenters. The monoisotopic (exact) mass is 247 g/mol. The molecule has 0 fully saturated rings. The number of hydrogen-bond donors (Lipinski definition) is 1. The molecule has 0 bridgehead atoms. The molecule has 1 rings (SSSR count). The third-order valence-electron chi connectivity index (χ3n) is 2.21. The standard InChI is InChI=1S/C12H16F3NO/c1-2-17-9-3-8-16-11-6-4-10(5-7-11)12(13,14)15/h4-7,16H,2-3,8-9H2,1H3. The maximum Gasteiger partial charge on any atom is 0.416 e. The van der Waals surface area contributed by atoms with Crippen molar-refractivity contribution in [1.29, 1.82) is 0 Å². The van der Waals surface area contributed by atoms with Crippen LogP contribution in [0.2, 0.25) is 0 Å². The highest BCUT2D eigenvalue weighted by atomic mass is 19.4. The number of ether oxygens (including phenoxy) is 1. The lowest BCUT2D eigenvalue weighted by molar-refractivity contribution is -0.137. The van der Waals surface area contributed by atoms with Gasteiger partial charge in [0, 0.05) is 25.4 Å². The average molecular weight is 247 g/mol. The first-order valence-corrected chi connectivity index (χ1v) is 5.53. The van der Waals surface area contributed by atoms with Crippen LogP contribution in [0.3, 0.4) is 0 Å². The van der Waals surface area contributed by atoms with Gasteiger partial charge >= 0.3 is 6.18 Å². The molecule has 1 aromatic rings. The summed E-state index contributed by atoms with van der Waals surface area (Å²) in [5.41, 5.74) is 0.0619. The van der Waals surface area contributed by atoms with Crippen molar-refractivity contribution in [3.05, 3.63) is 29.8 Å². The molecule has 0 aromatic heterocycles. The van der Waals surface area contributed by atoms with Crippen LogP contribution in [0.15, 0.2) is 24.3 Å². The van der Waals surface area contributed by atoms with Gasteiger partial charge in [0.1, 0.15) is 0 Å². The maximum atomic E-state index is 12.3. The van der Waals surface area contributed by atoms with Gasteiger partial charge in [-0.05, 0) is 37.6 Å². The Morgan fingerprint density at radius 3 is 2.35 bits per heavy atom. The molecule has 0 saturated heterocycles. The van der Waals surface area contributed by atoms with E-state index in [0.717, 1.165) is 18.6 Å². The number of benzene rings is 1. The van der Waals surface area contributed by atoms with Gasteiger partial charge in [-0.25, -0.2) is 0 Å². The first-order chi connectivity index (χ1) is 8.04. The molecule has 1 aromatic carbocycles. The Labute approximate surface area is 98.8 Å². The van der Waals surface area contributed by atoms with E-state index in [-0.39, 0.29) is 0 Å². The molecule has 0 unspecified atom stereocenters. The summed E-state index contributed by atoms with van der Waals surface area (Å²) in [6, 6.07) is 5.02. The second-order valence-corrected chi connectivity index (χ2v) is 3.55. The SMILES string of the molecule is CCOCCCNc1ccc(C(F)(F)F)cc1. The number of nitrogens with one attached hydrogen (secondary N) is 1. The Morgan fingerprint density at radius 2 is 1.82 bits per heavy atom. The lowest BCUT2D eigenvalue weighted by Gasteiger charge is -2.09. The van der Waals surface area contributed by atoms with Crippen LogP contribution in [0, 0.1) is 0 Å². The second-order valence-electron chi connectivity index (χ2n) is 3.55. The molecule has 0 aliphatic heterocycles. The Balaban J connectivity index is 2.36. The van der Waals surface area contributed by atoms with Crippen LogP contribution in [0.1, 0.15) is 18.9 Å². The van der Waals surface area contributed by atoms with Crippen LogP contribution in [-0.2, 0) is 10.9 Å². The summed E-state index contributed by atoms with van der Waals surface area (Å²) >= 11 is 0. The summed E-state index contributed by atoms with van der Waals surface area (Å²) in [5, 5.41) is 3.03. The first kappa shape index (κ1) is 13.8. The third-order valence-corrected chi connectivity index (χ3v) is 2.21. The molecule has 0 heterocycles. The smallest absolute Gasteiger partial charge is 0.385 e. The van der Waals surface area contributed by atoms with Crippen molar-refractivity contribution in [3.63, 3.8) is 0 Å². The van der Waals surface area contributed by atoms with E-state index in [4.69, 9.17) is 4.74 Å². The maximum absolute atomic E-state index is 12.3. The lowest BCUT2D eigenvalue weighted by atomic mass is 10.2. The summed E-state index contributed by atoms with van der Waals surface area (Å²) in [4.78, 5) is 0. The van der Waals surface area contributed by atoms with Gasteiger partial charge in [-0.2, -0.15) is 13.2 Å². The van der Waals surface area contributed by atoms with Gasteiger partial charge < -0.3 is 10.1 Å². The predicted molar refractivity (Wildman–Crippen MR) is 61.0 cm³/mol. The van der Waals surface area contributed by atoms with E-state index in [9.17, 15) is 13.2 Å². The summed E-state index contributed by atoms with van der Waals surface area (Å²) in [6.45, 7) is 3.94. The van der Waals surface area contributed by atoms with Gasteiger partial charge in [0.15, 0.2) is 0 Å². The predicted octanol–water partition coefficient (Wildman–Crippen LogP) is 3.54. The zero-order valence-electron chi connectivity index (χ0n) is 9.68. The van der Waals surface area contributed by atoms with E-state index in [1.165, 1.54) is 12.1 Å². The van der Waals surface area contributed by atoms with E-state index in [2.05, 4.69) is 5.32 Å². The molecule has 0 aliphatic carbocycles. The molecule has 2 nitrogen and oxygen atoms in total. The van der Waals surface area contributed by atoms with Gasteiger partial charge in [-0.1, -0.05) is 0 Å². The minimum absolute atomic E-state index is 0.627. The molecule has 5 heteroatoms. The molecule has 0 aliphatic rings. The molecule has 0 spiro atoms. The number of halogens is 3. The molecule has 0 saturated carbocycles. The molecule has 17 heavy (non-hydrogen) atoms. The fourth-order valence-electron chi connectivity index (χ4n) is 1.33. The molecule has 1 N–H and O–H groups in total. The van der Waals surface area contributed by atoms with Gasteiger partial charge in [0.05, 0.1) is 5.56 Å². The van der Waals surface area contributed by atoms with Crippen molar-refractivity contribution in [2.24, 2.45) is 0 Å². The number of hydrogen-bond acceptors (Lipinski definition) is 2. The van der Waals surface area contributed by atoms with Crippen molar-refractivity contribution >= 4 is 5.69 Å². The third kappa shape index (κ3) is 5.08. The highest BCUT2D eigenvalue weighted by Gasteiger charge is 2.29. The van der Waals surface area contributed by atoms with Gasteiger partial charge in [0.25, 0.3) is 0 Å². The zero-order valence-corrected chi connectivity index (χ0v) is 9.68. The first-order valence-electron chi connectivity index (χ1n) is 5.53. The number of alkyl halides is 3. The van der Waals surface area contributed by atoms with Crippen molar-refractivity contribution in [3.8, 4) is 0 Å². The lowest BCUT2D eigenvalue weighted by Crippen LogP contribution is -2.07. The van der Waals surface area contributed by atoms with Crippen LogP contribution in [0.25, 0.3) is 0 Å². The van der Waals surface area contributed by atoms with Crippen molar-refractivity contribution < 1.29 is 17.9 Å². The average Bonchev–Trinajstić information content (AvgIpc) is 2.28. The fraction of sp³-hybridized carbons (Fsp3) is 0.500. The number of anilines is 1. The van der Waals surface area contributed by atoms with E-state index in [1.807, 2.05) is 6.92 Å². The number of rotatable bonds is 6. The summed E-state index contributed by atoms with van der Waals surface area (Å²) in [5.74, 6) is 0. The van der Waals surface area contributed by atoms with Crippen LogP contribution in [0.4, 0.5) is 18.9 Å². The van der Waals surface area contributed by atoms with Crippen molar-refractivity contribution in [1.82, 2.24) is 0 Å². The van der Waals surface area contributed by atoms with E-state index < -0.39 is 11.7 Å².